The summed E-state index contributed by atoms with van der Waals surface area (Å²) in [6.45, 7) is 5.90. The monoisotopic (exact) mass is 259 g/mol. The van der Waals surface area contributed by atoms with Crippen LogP contribution in [0.15, 0.2) is 18.2 Å². The number of ether oxygens (including phenoxy) is 2. The molecule has 0 atom stereocenters. The zero-order valence-corrected chi connectivity index (χ0v) is 11.1. The van der Waals surface area contributed by atoms with Crippen LogP contribution in [0, 0.1) is 13.8 Å². The first-order valence-electron chi connectivity index (χ1n) is 6.34. The van der Waals surface area contributed by atoms with Gasteiger partial charge < -0.3 is 14.8 Å². The highest BCUT2D eigenvalue weighted by atomic mass is 16.7. The number of nitrogens with zero attached hydrogens (tertiary/aromatic N) is 1. The molecule has 1 aliphatic rings. The molecular weight excluding hydrogens is 242 g/mol. The molecule has 0 radical (unpaired) electrons. The second-order valence-corrected chi connectivity index (χ2v) is 4.67. The Morgan fingerprint density at radius 3 is 2.95 bits per heavy atom. The minimum Gasteiger partial charge on any atom is -0.454 e. The molecule has 0 unspecified atom stereocenters. The fraction of sp³-hybridized carbons (Fsp3) is 0.357. The molecule has 0 amide bonds. The molecule has 1 aliphatic heterocycles. The molecule has 5 nitrogen and oxygen atoms in total. The van der Waals surface area contributed by atoms with Crippen LogP contribution in [0.2, 0.25) is 0 Å². The Morgan fingerprint density at radius 1 is 1.26 bits per heavy atom. The number of benzene rings is 1. The number of hydrogen-bond donors (Lipinski definition) is 2. The summed E-state index contributed by atoms with van der Waals surface area (Å²) in [6.07, 6.45) is 0. The molecular formula is C14H17N3O2. The van der Waals surface area contributed by atoms with Gasteiger partial charge in [-0.05, 0) is 19.9 Å². The number of fused-ring (bicyclic) bond motifs is 1. The van der Waals surface area contributed by atoms with Crippen LogP contribution in [0.4, 0.5) is 0 Å². The van der Waals surface area contributed by atoms with Crippen LogP contribution in [0.1, 0.15) is 22.5 Å². The molecule has 0 saturated carbocycles. The number of H-pyrrole nitrogens is 1. The predicted molar refractivity (Wildman–Crippen MR) is 71.2 cm³/mol. The molecule has 2 heterocycles. The Morgan fingerprint density at radius 2 is 2.16 bits per heavy atom. The molecule has 3 rings (SSSR count). The third kappa shape index (κ3) is 2.29. The number of rotatable bonds is 4. The van der Waals surface area contributed by atoms with Crippen molar-refractivity contribution in [1.82, 2.24) is 15.5 Å². The van der Waals surface area contributed by atoms with Gasteiger partial charge in [0.15, 0.2) is 11.5 Å². The van der Waals surface area contributed by atoms with Gasteiger partial charge in [0.1, 0.15) is 0 Å². The van der Waals surface area contributed by atoms with Crippen LogP contribution in [-0.2, 0) is 13.1 Å². The SMILES string of the molecule is Cc1n[nH]c(C)c1CNCc1cccc2c1OCO2. The maximum Gasteiger partial charge on any atom is 0.231 e. The maximum absolute atomic E-state index is 5.48. The molecule has 1 aromatic heterocycles. The molecule has 2 N–H and O–H groups in total. The van der Waals surface area contributed by atoms with E-state index in [1.165, 1.54) is 5.56 Å². The van der Waals surface area contributed by atoms with Crippen molar-refractivity contribution < 1.29 is 9.47 Å². The predicted octanol–water partition coefficient (Wildman–Crippen LogP) is 2.05. The number of hydrogen-bond acceptors (Lipinski definition) is 4. The largest absolute Gasteiger partial charge is 0.454 e. The summed E-state index contributed by atoms with van der Waals surface area (Å²) >= 11 is 0. The fourth-order valence-electron chi connectivity index (χ4n) is 2.29. The van der Waals surface area contributed by atoms with Gasteiger partial charge in [0, 0.05) is 29.9 Å². The Balaban J connectivity index is 1.66. The maximum atomic E-state index is 5.48. The Bertz CT molecular complexity index is 573. The summed E-state index contributed by atoms with van der Waals surface area (Å²) in [5.41, 5.74) is 4.50. The third-order valence-electron chi connectivity index (χ3n) is 3.38. The third-order valence-corrected chi connectivity index (χ3v) is 3.38. The zero-order valence-electron chi connectivity index (χ0n) is 11.1. The molecule has 1 aromatic carbocycles. The molecule has 0 fully saturated rings. The van der Waals surface area contributed by atoms with Gasteiger partial charge in [0.25, 0.3) is 0 Å². The molecule has 2 aromatic rings. The number of aryl methyl sites for hydroxylation is 2. The first kappa shape index (κ1) is 12.0. The second-order valence-electron chi connectivity index (χ2n) is 4.67. The number of para-hydroxylation sites is 1. The highest BCUT2D eigenvalue weighted by Crippen LogP contribution is 2.35. The number of aromatic amines is 1. The van der Waals surface area contributed by atoms with Crippen LogP contribution >= 0.6 is 0 Å². The molecule has 0 spiro atoms. The van der Waals surface area contributed by atoms with Crippen LogP contribution < -0.4 is 14.8 Å². The molecule has 0 bridgehead atoms. The molecule has 100 valence electrons. The Labute approximate surface area is 111 Å². The van der Waals surface area contributed by atoms with E-state index in [-0.39, 0.29) is 0 Å². The molecule has 19 heavy (non-hydrogen) atoms. The summed E-state index contributed by atoms with van der Waals surface area (Å²) in [5, 5.41) is 10.6. The first-order chi connectivity index (χ1) is 9.25. The number of nitrogens with one attached hydrogen (secondary N) is 2. The Kier molecular flexibility index (Phi) is 3.13. The Hall–Kier alpha value is -2.01. The van der Waals surface area contributed by atoms with Crippen LogP contribution in [0.5, 0.6) is 11.5 Å². The van der Waals surface area contributed by atoms with Gasteiger partial charge in [0.05, 0.1) is 5.69 Å². The van der Waals surface area contributed by atoms with Crippen molar-refractivity contribution >= 4 is 0 Å². The summed E-state index contributed by atoms with van der Waals surface area (Å²) in [6, 6.07) is 5.96. The van der Waals surface area contributed by atoms with Gasteiger partial charge in [-0.25, -0.2) is 0 Å². The van der Waals surface area contributed by atoms with Gasteiger partial charge >= 0.3 is 0 Å². The van der Waals surface area contributed by atoms with E-state index in [2.05, 4.69) is 21.6 Å². The lowest BCUT2D eigenvalue weighted by atomic mass is 10.1. The van der Waals surface area contributed by atoms with Crippen molar-refractivity contribution in [1.29, 1.82) is 0 Å². The summed E-state index contributed by atoms with van der Waals surface area (Å²) in [4.78, 5) is 0. The van der Waals surface area contributed by atoms with Gasteiger partial charge in [-0.3, -0.25) is 5.10 Å². The van der Waals surface area contributed by atoms with E-state index in [4.69, 9.17) is 9.47 Å². The van der Waals surface area contributed by atoms with Crippen molar-refractivity contribution in [3.8, 4) is 11.5 Å². The van der Waals surface area contributed by atoms with Gasteiger partial charge in [-0.2, -0.15) is 5.10 Å². The van der Waals surface area contributed by atoms with E-state index in [0.29, 0.717) is 6.79 Å². The van der Waals surface area contributed by atoms with Crippen molar-refractivity contribution in [3.63, 3.8) is 0 Å². The highest BCUT2D eigenvalue weighted by Gasteiger charge is 2.16. The minimum absolute atomic E-state index is 0.312. The number of aromatic nitrogens is 2. The standard InChI is InChI=1S/C14H17N3O2/c1-9-12(10(2)17-16-9)7-15-6-11-4-3-5-13-14(11)19-8-18-13/h3-5,15H,6-8H2,1-2H3,(H,16,17). The van der Waals surface area contributed by atoms with Crippen LogP contribution in [0.25, 0.3) is 0 Å². The topological polar surface area (TPSA) is 59.2 Å². The van der Waals surface area contributed by atoms with Crippen molar-refractivity contribution in [2.75, 3.05) is 6.79 Å². The van der Waals surface area contributed by atoms with Crippen LogP contribution in [0.3, 0.4) is 0 Å². The lowest BCUT2D eigenvalue weighted by molar-refractivity contribution is 0.173. The lowest BCUT2D eigenvalue weighted by Gasteiger charge is -2.08. The van der Waals surface area contributed by atoms with E-state index < -0.39 is 0 Å². The van der Waals surface area contributed by atoms with Crippen molar-refractivity contribution in [2.45, 2.75) is 26.9 Å². The first-order valence-corrected chi connectivity index (χ1v) is 6.34. The molecule has 5 heteroatoms. The van der Waals surface area contributed by atoms with E-state index >= 15 is 0 Å². The highest BCUT2D eigenvalue weighted by molar-refractivity contribution is 5.48. The van der Waals surface area contributed by atoms with Gasteiger partial charge in [0.2, 0.25) is 6.79 Å². The normalized spacial score (nSPS) is 12.9. The average Bonchev–Trinajstić information content (AvgIpc) is 3.00. The smallest absolute Gasteiger partial charge is 0.231 e. The molecule has 0 saturated heterocycles. The van der Waals surface area contributed by atoms with E-state index in [0.717, 1.165) is 41.5 Å². The summed E-state index contributed by atoms with van der Waals surface area (Å²) < 4.78 is 10.8. The van der Waals surface area contributed by atoms with Crippen molar-refractivity contribution in [2.24, 2.45) is 0 Å². The van der Waals surface area contributed by atoms with E-state index in [9.17, 15) is 0 Å². The second kappa shape index (κ2) is 4.93. The molecule has 0 aliphatic carbocycles. The van der Waals surface area contributed by atoms with Gasteiger partial charge in [-0.15, -0.1) is 0 Å². The quantitative estimate of drug-likeness (QED) is 0.882. The minimum atomic E-state index is 0.312. The van der Waals surface area contributed by atoms with E-state index in [1.54, 1.807) is 0 Å². The zero-order chi connectivity index (χ0) is 13.2. The lowest BCUT2D eigenvalue weighted by Crippen LogP contribution is -2.14. The van der Waals surface area contributed by atoms with Crippen molar-refractivity contribution in [3.05, 3.63) is 40.7 Å². The summed E-state index contributed by atoms with van der Waals surface area (Å²) in [7, 11) is 0. The summed E-state index contributed by atoms with van der Waals surface area (Å²) in [5.74, 6) is 1.69. The van der Waals surface area contributed by atoms with Crippen LogP contribution in [-0.4, -0.2) is 17.0 Å². The average molecular weight is 259 g/mol. The van der Waals surface area contributed by atoms with Gasteiger partial charge in [-0.1, -0.05) is 12.1 Å². The fourth-order valence-corrected chi connectivity index (χ4v) is 2.29. The van der Waals surface area contributed by atoms with E-state index in [1.807, 2.05) is 26.0 Å².